The zero-order chi connectivity index (χ0) is 30.0. The van der Waals surface area contributed by atoms with Crippen molar-refractivity contribution in [3.05, 3.63) is 120 Å². The summed E-state index contributed by atoms with van der Waals surface area (Å²) in [4.78, 5) is 39.8. The van der Waals surface area contributed by atoms with Crippen LogP contribution in [-0.2, 0) is 6.42 Å². The molecular formula is C34H26FN7O2. The first-order valence-corrected chi connectivity index (χ1v) is 14.1. The van der Waals surface area contributed by atoms with Crippen LogP contribution < -0.4 is 10.1 Å². The van der Waals surface area contributed by atoms with Crippen LogP contribution in [-0.4, -0.2) is 50.2 Å². The number of hydrogen-bond donors (Lipinski definition) is 2. The van der Waals surface area contributed by atoms with Crippen LogP contribution in [0.15, 0.2) is 96.4 Å². The van der Waals surface area contributed by atoms with Gasteiger partial charge in [-0.1, -0.05) is 24.3 Å². The van der Waals surface area contributed by atoms with Crippen molar-refractivity contribution in [3.63, 3.8) is 0 Å². The number of aliphatic imine (C=N–C) groups is 1. The minimum atomic E-state index is -0.425. The van der Waals surface area contributed by atoms with Gasteiger partial charge in [0.15, 0.2) is 5.82 Å². The minimum absolute atomic E-state index is 0.218. The van der Waals surface area contributed by atoms with Crippen LogP contribution in [0.25, 0.3) is 33.5 Å². The van der Waals surface area contributed by atoms with Gasteiger partial charge in [0.1, 0.15) is 22.8 Å². The molecule has 0 unspecified atom stereocenters. The largest absolute Gasteiger partial charge is 0.497 e. The highest BCUT2D eigenvalue weighted by Crippen LogP contribution is 2.30. The van der Waals surface area contributed by atoms with Crippen molar-refractivity contribution in [1.29, 1.82) is 0 Å². The first kappa shape index (κ1) is 27.1. The van der Waals surface area contributed by atoms with Crippen LogP contribution in [0, 0.1) is 5.82 Å². The molecule has 6 aromatic rings. The quantitative estimate of drug-likeness (QED) is 0.239. The number of imidazole rings is 1. The predicted octanol–water partition coefficient (Wildman–Crippen LogP) is 6.27. The van der Waals surface area contributed by atoms with Crippen molar-refractivity contribution in [2.75, 3.05) is 19.0 Å². The van der Waals surface area contributed by atoms with Gasteiger partial charge in [-0.15, -0.1) is 0 Å². The molecule has 1 amide bonds. The lowest BCUT2D eigenvalue weighted by atomic mass is 10.0. The van der Waals surface area contributed by atoms with E-state index in [1.807, 2.05) is 36.4 Å². The van der Waals surface area contributed by atoms with Crippen molar-refractivity contribution < 1.29 is 13.9 Å². The Labute approximate surface area is 251 Å². The first-order valence-electron chi connectivity index (χ1n) is 14.1. The van der Waals surface area contributed by atoms with Crippen LogP contribution >= 0.6 is 0 Å². The first-order chi connectivity index (χ1) is 21.6. The van der Waals surface area contributed by atoms with Crippen molar-refractivity contribution in [1.82, 2.24) is 24.9 Å². The number of hydrogen-bond acceptors (Lipinski definition) is 7. The molecule has 0 saturated heterocycles. The highest BCUT2D eigenvalue weighted by atomic mass is 19.1. The van der Waals surface area contributed by atoms with Gasteiger partial charge in [-0.3, -0.25) is 19.8 Å². The molecule has 4 aromatic heterocycles. The number of aromatic nitrogens is 5. The Morgan fingerprint density at radius 2 is 1.84 bits per heavy atom. The van der Waals surface area contributed by atoms with Crippen LogP contribution in [0.5, 0.6) is 5.75 Å². The molecule has 7 rings (SSSR count). The molecule has 0 bridgehead atoms. The molecule has 5 heterocycles. The van der Waals surface area contributed by atoms with Gasteiger partial charge in [0.2, 0.25) is 0 Å². The Bertz CT molecular complexity index is 2060. The average Bonchev–Trinajstić information content (AvgIpc) is 3.38. The highest BCUT2D eigenvalue weighted by Gasteiger charge is 2.22. The topological polar surface area (TPSA) is 118 Å². The maximum absolute atomic E-state index is 14.4. The lowest BCUT2D eigenvalue weighted by Gasteiger charge is -2.11. The number of nitrogens with one attached hydrogen (secondary N) is 2. The molecule has 1 aliphatic heterocycles. The predicted molar refractivity (Wildman–Crippen MR) is 167 cm³/mol. The van der Waals surface area contributed by atoms with E-state index in [0.717, 1.165) is 35.2 Å². The summed E-state index contributed by atoms with van der Waals surface area (Å²) >= 11 is 0. The number of nitrogens with zero attached hydrogens (tertiary/aromatic N) is 5. The molecule has 0 spiro atoms. The second-order valence-electron chi connectivity index (χ2n) is 10.3. The number of fused-ring (bicyclic) bond motifs is 2. The van der Waals surface area contributed by atoms with Crippen molar-refractivity contribution in [3.8, 4) is 28.3 Å². The monoisotopic (exact) mass is 583 g/mol. The number of aryl methyl sites for hydroxylation is 1. The fraction of sp³-hybridized carbons (Fsp3) is 0.118. The van der Waals surface area contributed by atoms with Gasteiger partial charge < -0.3 is 15.0 Å². The summed E-state index contributed by atoms with van der Waals surface area (Å²) in [5.74, 6) is 0.300. The van der Waals surface area contributed by atoms with Gasteiger partial charge in [0, 0.05) is 41.7 Å². The maximum Gasteiger partial charge on any atom is 0.255 e. The van der Waals surface area contributed by atoms with E-state index in [2.05, 4.69) is 26.3 Å². The van der Waals surface area contributed by atoms with Gasteiger partial charge in [0.05, 0.1) is 41.6 Å². The summed E-state index contributed by atoms with van der Waals surface area (Å²) in [5, 5.41) is 2.91. The highest BCUT2D eigenvalue weighted by molar-refractivity contribution is 6.12. The fourth-order valence-corrected chi connectivity index (χ4v) is 5.30. The summed E-state index contributed by atoms with van der Waals surface area (Å²) in [7, 11) is 1.50. The van der Waals surface area contributed by atoms with E-state index in [1.54, 1.807) is 36.8 Å². The molecule has 9 nitrogen and oxygen atoms in total. The van der Waals surface area contributed by atoms with Crippen molar-refractivity contribution in [2.24, 2.45) is 4.99 Å². The number of halogens is 1. The molecule has 216 valence electrons. The van der Waals surface area contributed by atoms with Crippen LogP contribution in [0.1, 0.15) is 33.9 Å². The van der Waals surface area contributed by atoms with E-state index >= 15 is 0 Å². The van der Waals surface area contributed by atoms with Crippen LogP contribution in [0.2, 0.25) is 0 Å². The molecule has 0 radical (unpaired) electrons. The lowest BCUT2D eigenvalue weighted by molar-refractivity contribution is 0.102. The molecule has 0 aliphatic carbocycles. The number of carbonyl (C=O) groups excluding carboxylic acids is 1. The molecule has 0 atom stereocenters. The minimum Gasteiger partial charge on any atom is -0.497 e. The van der Waals surface area contributed by atoms with E-state index in [0.29, 0.717) is 57.5 Å². The van der Waals surface area contributed by atoms with E-state index in [9.17, 15) is 9.18 Å². The Morgan fingerprint density at radius 1 is 0.955 bits per heavy atom. The number of aromatic amines is 1. The maximum atomic E-state index is 14.4. The summed E-state index contributed by atoms with van der Waals surface area (Å²) in [6, 6.07) is 21.2. The van der Waals surface area contributed by atoms with Crippen LogP contribution in [0.4, 0.5) is 10.1 Å². The zero-order valence-corrected chi connectivity index (χ0v) is 23.7. The number of benzene rings is 2. The van der Waals surface area contributed by atoms with Gasteiger partial charge in [0.25, 0.3) is 5.91 Å². The molecule has 44 heavy (non-hydrogen) atoms. The summed E-state index contributed by atoms with van der Waals surface area (Å²) in [6.07, 6.45) is 6.67. The van der Waals surface area contributed by atoms with E-state index < -0.39 is 5.82 Å². The summed E-state index contributed by atoms with van der Waals surface area (Å²) in [5.41, 5.74) is 7.39. The third kappa shape index (κ3) is 5.29. The van der Waals surface area contributed by atoms with Gasteiger partial charge in [-0.05, 0) is 60.9 Å². The van der Waals surface area contributed by atoms with Gasteiger partial charge in [-0.2, -0.15) is 0 Å². The van der Waals surface area contributed by atoms with Gasteiger partial charge >= 0.3 is 0 Å². The molecule has 2 N–H and O–H groups in total. The van der Waals surface area contributed by atoms with Crippen molar-refractivity contribution >= 4 is 28.3 Å². The zero-order valence-electron chi connectivity index (χ0n) is 23.7. The van der Waals surface area contributed by atoms with E-state index in [1.165, 1.54) is 19.2 Å². The van der Waals surface area contributed by atoms with E-state index in [-0.39, 0.29) is 5.91 Å². The van der Waals surface area contributed by atoms with Crippen LogP contribution in [0.3, 0.4) is 0 Å². The number of rotatable bonds is 6. The number of H-pyrrole nitrogens is 1. The third-order valence-electron chi connectivity index (χ3n) is 7.41. The standard InChI is InChI=1S/C34H26FN7O2/c1-44-26-16-22(14-24(35)17-26)29-31-28(11-13-38-29)41-33(42-31)32-30-20(8-5-12-37-32)9-10-27(40-30)23-15-25(19-36-18-23)39-34(43)21-6-3-2-4-7-21/h2-4,6-7,9-11,13-19H,5,8,12H2,1H3,(H,39,43)(H,41,42). The molecule has 0 saturated carbocycles. The Balaban J connectivity index is 1.26. The number of amides is 1. The molecule has 0 fully saturated rings. The average molecular weight is 584 g/mol. The molecule has 1 aliphatic rings. The molecular weight excluding hydrogens is 557 g/mol. The number of pyridine rings is 3. The fourth-order valence-electron chi connectivity index (χ4n) is 5.30. The number of anilines is 1. The molecule has 10 heteroatoms. The second-order valence-corrected chi connectivity index (χ2v) is 10.3. The Kier molecular flexibility index (Phi) is 7.07. The van der Waals surface area contributed by atoms with Crippen molar-refractivity contribution in [2.45, 2.75) is 12.8 Å². The SMILES string of the molecule is COc1cc(F)cc(-c2nccc3[nH]c(C4=NCCCc5ccc(-c6cncc(NC(=O)c7ccccc7)c6)nc54)nc23)c1. The number of carbonyl (C=O) groups is 1. The van der Waals surface area contributed by atoms with E-state index in [4.69, 9.17) is 19.7 Å². The lowest BCUT2D eigenvalue weighted by Crippen LogP contribution is -2.12. The number of ether oxygens (including phenoxy) is 1. The Hall–Kier alpha value is -5.77. The second kappa shape index (κ2) is 11.5. The third-order valence-corrected chi connectivity index (χ3v) is 7.41. The number of methoxy groups -OCH3 is 1. The summed E-state index contributed by atoms with van der Waals surface area (Å²) < 4.78 is 19.6. The normalized spacial score (nSPS) is 12.7. The smallest absolute Gasteiger partial charge is 0.255 e. The summed E-state index contributed by atoms with van der Waals surface area (Å²) in [6.45, 7) is 0.618. The molecule has 2 aromatic carbocycles. The Morgan fingerprint density at radius 3 is 2.70 bits per heavy atom. The van der Waals surface area contributed by atoms with Gasteiger partial charge in [-0.25, -0.2) is 14.4 Å².